The highest BCUT2D eigenvalue weighted by molar-refractivity contribution is 6.28. The molecule has 0 radical (unpaired) electrons. The minimum Gasteiger partial charge on any atom is -0.507 e. The molecule has 0 fully saturated rings. The predicted octanol–water partition coefficient (Wildman–Crippen LogP) is 1.72. The fourth-order valence-corrected chi connectivity index (χ4v) is 3.10. The van der Waals surface area contributed by atoms with Gasteiger partial charge in [0, 0.05) is 23.1 Å². The molecular formula is C16H14O6. The Bertz CT molecular complexity index is 730. The standard InChI is InChI=1S/C16H14O6/c1-7-13-10(5-8(22-7)6-12(18)19)16(21)14-9(15(13)20)3-2-4-11(14)17/h2-4,7-8,17H,5-6H2,1H3,(H,18,19)/t7-,8+/m1/s1. The Hall–Kier alpha value is -2.47. The van der Waals surface area contributed by atoms with E-state index < -0.39 is 24.0 Å². The van der Waals surface area contributed by atoms with Gasteiger partial charge in [0.15, 0.2) is 11.6 Å². The van der Waals surface area contributed by atoms with Crippen molar-refractivity contribution in [3.05, 3.63) is 40.5 Å². The zero-order valence-corrected chi connectivity index (χ0v) is 11.8. The fourth-order valence-electron chi connectivity index (χ4n) is 3.10. The van der Waals surface area contributed by atoms with Crippen LogP contribution in [-0.4, -0.2) is 40.0 Å². The number of aliphatic carboxylic acids is 1. The smallest absolute Gasteiger partial charge is 0.305 e. The molecular weight excluding hydrogens is 288 g/mol. The van der Waals surface area contributed by atoms with Crippen molar-refractivity contribution in [1.82, 2.24) is 0 Å². The van der Waals surface area contributed by atoms with Crippen LogP contribution < -0.4 is 0 Å². The van der Waals surface area contributed by atoms with Crippen LogP contribution in [0.15, 0.2) is 29.3 Å². The minimum absolute atomic E-state index is 0.00516. The number of benzene rings is 1. The molecule has 3 rings (SSSR count). The summed E-state index contributed by atoms with van der Waals surface area (Å²) < 4.78 is 5.56. The molecule has 114 valence electrons. The van der Waals surface area contributed by atoms with Crippen LogP contribution in [0.25, 0.3) is 0 Å². The molecule has 6 heteroatoms. The van der Waals surface area contributed by atoms with E-state index in [2.05, 4.69) is 0 Å². The molecule has 0 unspecified atom stereocenters. The molecule has 1 aliphatic heterocycles. The average molecular weight is 302 g/mol. The largest absolute Gasteiger partial charge is 0.507 e. The molecule has 0 saturated carbocycles. The van der Waals surface area contributed by atoms with E-state index in [9.17, 15) is 19.5 Å². The number of fused-ring (bicyclic) bond motifs is 1. The van der Waals surface area contributed by atoms with E-state index in [0.717, 1.165) is 0 Å². The van der Waals surface area contributed by atoms with Crippen LogP contribution in [0.4, 0.5) is 0 Å². The molecule has 0 bridgehead atoms. The van der Waals surface area contributed by atoms with Crippen LogP contribution in [-0.2, 0) is 9.53 Å². The second-order valence-electron chi connectivity index (χ2n) is 5.45. The number of carbonyl (C=O) groups excluding carboxylic acids is 2. The lowest BCUT2D eigenvalue weighted by atomic mass is 9.78. The summed E-state index contributed by atoms with van der Waals surface area (Å²) in [6.45, 7) is 1.63. The van der Waals surface area contributed by atoms with Crippen LogP contribution in [0.1, 0.15) is 40.5 Å². The van der Waals surface area contributed by atoms with Gasteiger partial charge >= 0.3 is 5.97 Å². The molecule has 2 N–H and O–H groups in total. The van der Waals surface area contributed by atoms with E-state index >= 15 is 0 Å². The first-order valence-electron chi connectivity index (χ1n) is 6.91. The SMILES string of the molecule is C[C@H]1O[C@H](CC(=O)O)CC2=C1C(=O)c1cccc(O)c1C2=O. The number of ether oxygens (including phenoxy) is 1. The Morgan fingerprint density at radius 2 is 2.05 bits per heavy atom. The van der Waals surface area contributed by atoms with Gasteiger partial charge in [0.25, 0.3) is 0 Å². The van der Waals surface area contributed by atoms with E-state index in [1.807, 2.05) is 0 Å². The summed E-state index contributed by atoms with van der Waals surface area (Å²) in [6.07, 6.45) is -1.49. The van der Waals surface area contributed by atoms with Crippen molar-refractivity contribution >= 4 is 17.5 Å². The maximum Gasteiger partial charge on any atom is 0.305 e. The summed E-state index contributed by atoms with van der Waals surface area (Å²) in [6, 6.07) is 4.36. The van der Waals surface area contributed by atoms with Crippen molar-refractivity contribution in [3.63, 3.8) is 0 Å². The molecule has 2 atom stereocenters. The van der Waals surface area contributed by atoms with Crippen molar-refractivity contribution in [3.8, 4) is 5.75 Å². The first kappa shape index (κ1) is 14.5. The summed E-state index contributed by atoms with van der Waals surface area (Å²) in [4.78, 5) is 36.0. The van der Waals surface area contributed by atoms with Gasteiger partial charge in [-0.25, -0.2) is 0 Å². The number of Topliss-reactive ketones (excluding diaryl/α,β-unsaturated/α-hetero) is 2. The van der Waals surface area contributed by atoms with E-state index in [-0.39, 0.29) is 46.6 Å². The van der Waals surface area contributed by atoms with Gasteiger partial charge in [-0.2, -0.15) is 0 Å². The van der Waals surface area contributed by atoms with Gasteiger partial charge in [-0.3, -0.25) is 14.4 Å². The second-order valence-corrected chi connectivity index (χ2v) is 5.45. The van der Waals surface area contributed by atoms with Gasteiger partial charge in [-0.15, -0.1) is 0 Å². The molecule has 0 amide bonds. The molecule has 22 heavy (non-hydrogen) atoms. The number of hydrogen-bond donors (Lipinski definition) is 2. The number of carbonyl (C=O) groups is 3. The number of ketones is 2. The number of carboxylic acid groups (broad SMARTS) is 1. The van der Waals surface area contributed by atoms with Crippen LogP contribution in [0.3, 0.4) is 0 Å². The maximum atomic E-state index is 12.6. The second kappa shape index (κ2) is 5.06. The fraction of sp³-hybridized carbons (Fsp3) is 0.312. The van der Waals surface area contributed by atoms with Gasteiger partial charge < -0.3 is 14.9 Å². The topological polar surface area (TPSA) is 101 Å². The minimum atomic E-state index is -1.03. The average Bonchev–Trinajstić information content (AvgIpc) is 2.43. The van der Waals surface area contributed by atoms with Gasteiger partial charge in [0.1, 0.15) is 5.75 Å². The molecule has 2 aliphatic rings. The third-order valence-corrected chi connectivity index (χ3v) is 4.00. The number of phenols is 1. The van der Waals surface area contributed by atoms with Crippen molar-refractivity contribution in [2.45, 2.75) is 32.0 Å². The molecule has 1 aliphatic carbocycles. The van der Waals surface area contributed by atoms with Crippen molar-refractivity contribution in [2.24, 2.45) is 0 Å². The van der Waals surface area contributed by atoms with Crippen LogP contribution in [0.5, 0.6) is 5.75 Å². The predicted molar refractivity (Wildman–Crippen MR) is 75.0 cm³/mol. The Labute approximate surface area is 126 Å². The van der Waals surface area contributed by atoms with E-state index in [4.69, 9.17) is 9.84 Å². The van der Waals surface area contributed by atoms with E-state index in [1.54, 1.807) is 6.92 Å². The summed E-state index contributed by atoms with van der Waals surface area (Å²) in [5.41, 5.74) is 0.680. The van der Waals surface area contributed by atoms with E-state index in [1.165, 1.54) is 18.2 Å². The van der Waals surface area contributed by atoms with Crippen molar-refractivity contribution < 1.29 is 29.3 Å². The summed E-state index contributed by atoms with van der Waals surface area (Å²) in [5.74, 6) is -2.04. The maximum absolute atomic E-state index is 12.6. The Morgan fingerprint density at radius 1 is 1.32 bits per heavy atom. The summed E-state index contributed by atoms with van der Waals surface area (Å²) in [7, 11) is 0. The van der Waals surface area contributed by atoms with Crippen LogP contribution in [0.2, 0.25) is 0 Å². The Balaban J connectivity index is 2.08. The van der Waals surface area contributed by atoms with Crippen LogP contribution in [0, 0.1) is 0 Å². The van der Waals surface area contributed by atoms with Crippen molar-refractivity contribution in [2.75, 3.05) is 0 Å². The number of aromatic hydroxyl groups is 1. The molecule has 1 heterocycles. The Kier molecular flexibility index (Phi) is 3.33. The third-order valence-electron chi connectivity index (χ3n) is 4.00. The van der Waals surface area contributed by atoms with E-state index in [0.29, 0.717) is 0 Å². The lowest BCUT2D eigenvalue weighted by Crippen LogP contribution is -2.38. The highest BCUT2D eigenvalue weighted by Crippen LogP contribution is 2.39. The number of hydrogen-bond acceptors (Lipinski definition) is 5. The number of phenolic OH excluding ortho intramolecular Hbond substituents is 1. The normalized spacial score (nSPS) is 24.0. The first-order valence-corrected chi connectivity index (χ1v) is 6.91. The van der Waals surface area contributed by atoms with Crippen LogP contribution >= 0.6 is 0 Å². The van der Waals surface area contributed by atoms with Gasteiger partial charge in [-0.1, -0.05) is 12.1 Å². The molecule has 1 aromatic rings. The Morgan fingerprint density at radius 3 is 2.73 bits per heavy atom. The van der Waals surface area contributed by atoms with Gasteiger partial charge in [-0.05, 0) is 13.0 Å². The number of carboxylic acids is 1. The van der Waals surface area contributed by atoms with Crippen molar-refractivity contribution in [1.29, 1.82) is 0 Å². The zero-order valence-electron chi connectivity index (χ0n) is 11.8. The highest BCUT2D eigenvalue weighted by atomic mass is 16.5. The molecule has 0 spiro atoms. The highest BCUT2D eigenvalue weighted by Gasteiger charge is 2.41. The molecule has 0 saturated heterocycles. The molecule has 0 aromatic heterocycles. The lowest BCUT2D eigenvalue weighted by Gasteiger charge is -2.33. The molecule has 1 aromatic carbocycles. The van der Waals surface area contributed by atoms with Gasteiger partial charge in [0.05, 0.1) is 24.2 Å². The summed E-state index contributed by atoms with van der Waals surface area (Å²) in [5, 5.41) is 18.8. The third kappa shape index (κ3) is 2.12. The number of rotatable bonds is 2. The molecule has 6 nitrogen and oxygen atoms in total. The lowest BCUT2D eigenvalue weighted by molar-refractivity contribution is -0.141. The summed E-state index contributed by atoms with van der Waals surface area (Å²) >= 11 is 0. The zero-order chi connectivity index (χ0) is 16.0. The quantitative estimate of drug-likeness (QED) is 0.862. The first-order chi connectivity index (χ1) is 10.4. The van der Waals surface area contributed by atoms with Gasteiger partial charge in [0.2, 0.25) is 0 Å². The monoisotopic (exact) mass is 302 g/mol.